The Balaban J connectivity index is 1.67. The fraction of sp³-hybridized carbons (Fsp3) is 0.733. The summed E-state index contributed by atoms with van der Waals surface area (Å²) in [4.78, 5) is 20.9. The number of morpholine rings is 1. The molecule has 0 radical (unpaired) electrons. The summed E-state index contributed by atoms with van der Waals surface area (Å²) in [6, 6.07) is 1.47. The van der Waals surface area contributed by atoms with Crippen LogP contribution in [0.2, 0.25) is 0 Å². The minimum Gasteiger partial charge on any atom is -0.388 e. The van der Waals surface area contributed by atoms with Crippen LogP contribution in [0, 0.1) is 6.92 Å². The molecular weight excluding hydrogens is 286 g/mol. The minimum absolute atomic E-state index is 0.161. The molecule has 2 saturated heterocycles. The molecule has 0 spiro atoms. The zero-order chi connectivity index (χ0) is 15.6. The van der Waals surface area contributed by atoms with Gasteiger partial charge in [-0.3, -0.25) is 9.69 Å². The van der Waals surface area contributed by atoms with Crippen LogP contribution < -0.4 is 5.56 Å². The van der Waals surface area contributed by atoms with Crippen LogP contribution in [0.4, 0.5) is 0 Å². The molecule has 2 N–H and O–H groups in total. The molecule has 3 rings (SSSR count). The Bertz CT molecular complexity index is 568. The number of H-pyrrole nitrogens is 1. The SMILES string of the molecule is Cc1cc(=O)[nH]c([C@@H]2CN(CC3(O)CCOCC3)CCO2)n1. The molecule has 2 aliphatic heterocycles. The summed E-state index contributed by atoms with van der Waals surface area (Å²) in [5.41, 5.74) is -0.165. The molecule has 1 aromatic rings. The smallest absolute Gasteiger partial charge is 0.251 e. The van der Waals surface area contributed by atoms with Gasteiger partial charge < -0.3 is 19.6 Å². The number of β-amino-alcohol motifs (C(OH)–C–C–N with tert-alkyl or cyclic N) is 1. The third kappa shape index (κ3) is 3.73. The van der Waals surface area contributed by atoms with Gasteiger partial charge >= 0.3 is 0 Å². The monoisotopic (exact) mass is 309 g/mol. The summed E-state index contributed by atoms with van der Waals surface area (Å²) >= 11 is 0. The molecule has 2 fully saturated rings. The largest absolute Gasteiger partial charge is 0.388 e. The van der Waals surface area contributed by atoms with E-state index in [9.17, 15) is 9.90 Å². The van der Waals surface area contributed by atoms with Gasteiger partial charge in [-0.1, -0.05) is 0 Å². The maximum atomic E-state index is 11.6. The molecule has 3 heterocycles. The third-order valence-electron chi connectivity index (χ3n) is 4.29. The second-order valence-corrected chi connectivity index (χ2v) is 6.20. The van der Waals surface area contributed by atoms with Crippen LogP contribution in [-0.4, -0.2) is 65.0 Å². The van der Waals surface area contributed by atoms with Gasteiger partial charge in [-0.2, -0.15) is 0 Å². The Hall–Kier alpha value is -1.28. The number of rotatable bonds is 3. The Morgan fingerprint density at radius 3 is 2.95 bits per heavy atom. The van der Waals surface area contributed by atoms with E-state index in [4.69, 9.17) is 9.47 Å². The average Bonchev–Trinajstić information content (AvgIpc) is 2.47. The van der Waals surface area contributed by atoms with Crippen molar-refractivity contribution in [2.45, 2.75) is 31.5 Å². The van der Waals surface area contributed by atoms with Crippen LogP contribution in [-0.2, 0) is 9.47 Å². The molecular formula is C15H23N3O4. The van der Waals surface area contributed by atoms with E-state index in [0.29, 0.717) is 57.3 Å². The zero-order valence-corrected chi connectivity index (χ0v) is 12.9. The highest BCUT2D eigenvalue weighted by Crippen LogP contribution is 2.25. The zero-order valence-electron chi connectivity index (χ0n) is 12.9. The van der Waals surface area contributed by atoms with Crippen LogP contribution in [0.1, 0.15) is 30.5 Å². The third-order valence-corrected chi connectivity index (χ3v) is 4.29. The molecule has 2 aliphatic rings. The molecule has 1 aromatic heterocycles. The van der Waals surface area contributed by atoms with Gasteiger partial charge in [-0.15, -0.1) is 0 Å². The summed E-state index contributed by atoms with van der Waals surface area (Å²) < 4.78 is 11.1. The summed E-state index contributed by atoms with van der Waals surface area (Å²) in [5, 5.41) is 10.6. The van der Waals surface area contributed by atoms with E-state index in [-0.39, 0.29) is 11.7 Å². The molecule has 1 atom stereocenters. The quantitative estimate of drug-likeness (QED) is 0.817. The second kappa shape index (κ2) is 6.45. The highest BCUT2D eigenvalue weighted by atomic mass is 16.5. The van der Waals surface area contributed by atoms with Gasteiger partial charge in [0.1, 0.15) is 11.9 Å². The molecule has 7 heteroatoms. The number of aromatic nitrogens is 2. The number of aromatic amines is 1. The van der Waals surface area contributed by atoms with Crippen molar-refractivity contribution in [1.29, 1.82) is 0 Å². The number of nitrogens with one attached hydrogen (secondary N) is 1. The van der Waals surface area contributed by atoms with Crippen LogP contribution >= 0.6 is 0 Å². The second-order valence-electron chi connectivity index (χ2n) is 6.20. The Morgan fingerprint density at radius 2 is 2.23 bits per heavy atom. The number of hydrogen-bond acceptors (Lipinski definition) is 6. The van der Waals surface area contributed by atoms with Crippen molar-refractivity contribution in [2.24, 2.45) is 0 Å². The van der Waals surface area contributed by atoms with E-state index in [1.165, 1.54) is 6.07 Å². The molecule has 0 aromatic carbocycles. The predicted molar refractivity (Wildman–Crippen MR) is 79.7 cm³/mol. The van der Waals surface area contributed by atoms with Gasteiger partial charge in [-0.25, -0.2) is 4.98 Å². The highest BCUT2D eigenvalue weighted by Gasteiger charge is 2.34. The van der Waals surface area contributed by atoms with Gasteiger partial charge in [-0.05, 0) is 6.92 Å². The molecule has 22 heavy (non-hydrogen) atoms. The first-order chi connectivity index (χ1) is 10.5. The van der Waals surface area contributed by atoms with E-state index in [1.54, 1.807) is 6.92 Å². The van der Waals surface area contributed by atoms with Crippen molar-refractivity contribution in [3.63, 3.8) is 0 Å². The van der Waals surface area contributed by atoms with Gasteiger partial charge in [0.05, 0.1) is 12.2 Å². The fourth-order valence-electron chi connectivity index (χ4n) is 3.09. The summed E-state index contributed by atoms with van der Waals surface area (Å²) in [6.07, 6.45) is 1.06. The number of ether oxygens (including phenoxy) is 2. The first kappa shape index (κ1) is 15.6. The first-order valence-corrected chi connectivity index (χ1v) is 7.76. The first-order valence-electron chi connectivity index (χ1n) is 7.76. The van der Waals surface area contributed by atoms with Crippen LogP contribution in [0.25, 0.3) is 0 Å². The lowest BCUT2D eigenvalue weighted by Crippen LogP contribution is -2.50. The van der Waals surface area contributed by atoms with Gasteiger partial charge in [0, 0.05) is 57.4 Å². The minimum atomic E-state index is -0.687. The maximum Gasteiger partial charge on any atom is 0.251 e. The molecule has 0 amide bonds. The van der Waals surface area contributed by atoms with Crippen molar-refractivity contribution >= 4 is 0 Å². The molecule has 0 aliphatic carbocycles. The van der Waals surface area contributed by atoms with E-state index < -0.39 is 5.60 Å². The van der Waals surface area contributed by atoms with Crippen molar-refractivity contribution in [3.05, 3.63) is 27.9 Å². The number of hydrogen-bond donors (Lipinski definition) is 2. The topological polar surface area (TPSA) is 87.7 Å². The lowest BCUT2D eigenvalue weighted by molar-refractivity contribution is -0.104. The van der Waals surface area contributed by atoms with E-state index >= 15 is 0 Å². The maximum absolute atomic E-state index is 11.6. The fourth-order valence-corrected chi connectivity index (χ4v) is 3.09. The van der Waals surface area contributed by atoms with Crippen molar-refractivity contribution in [2.75, 3.05) is 39.5 Å². The van der Waals surface area contributed by atoms with E-state index in [1.807, 2.05) is 0 Å². The summed E-state index contributed by atoms with van der Waals surface area (Å²) in [6.45, 7) is 5.57. The van der Waals surface area contributed by atoms with Crippen LogP contribution in [0.5, 0.6) is 0 Å². The van der Waals surface area contributed by atoms with Gasteiger partial charge in [0.25, 0.3) is 5.56 Å². The number of nitrogens with zero attached hydrogens (tertiary/aromatic N) is 2. The average molecular weight is 309 g/mol. The van der Waals surface area contributed by atoms with Crippen molar-refractivity contribution < 1.29 is 14.6 Å². The van der Waals surface area contributed by atoms with E-state index in [0.717, 1.165) is 6.54 Å². The lowest BCUT2D eigenvalue weighted by Gasteiger charge is -2.40. The summed E-state index contributed by atoms with van der Waals surface area (Å²) in [7, 11) is 0. The predicted octanol–water partition coefficient (Wildman–Crippen LogP) is -0.00688. The number of aryl methyl sites for hydroxylation is 1. The molecule has 0 saturated carbocycles. The Morgan fingerprint density at radius 1 is 1.45 bits per heavy atom. The van der Waals surface area contributed by atoms with Crippen molar-refractivity contribution in [3.8, 4) is 0 Å². The lowest BCUT2D eigenvalue weighted by atomic mass is 9.93. The standard InChI is InChI=1S/C15H23N3O4/c1-11-8-13(19)17-14(16-11)12-9-18(4-7-22-12)10-15(20)2-5-21-6-3-15/h8,12,20H,2-7,9-10H2,1H3,(H,16,17,19)/t12-/m0/s1. The van der Waals surface area contributed by atoms with Gasteiger partial charge in [0.15, 0.2) is 0 Å². The summed E-state index contributed by atoms with van der Waals surface area (Å²) in [5.74, 6) is 0.564. The molecule has 122 valence electrons. The Kier molecular flexibility index (Phi) is 4.58. The molecule has 0 bridgehead atoms. The Labute approximate surface area is 129 Å². The van der Waals surface area contributed by atoms with E-state index in [2.05, 4.69) is 14.9 Å². The van der Waals surface area contributed by atoms with Gasteiger partial charge in [0.2, 0.25) is 0 Å². The van der Waals surface area contributed by atoms with Crippen LogP contribution in [0.3, 0.4) is 0 Å². The number of aliphatic hydroxyl groups is 1. The molecule has 0 unspecified atom stereocenters. The van der Waals surface area contributed by atoms with Crippen molar-refractivity contribution in [1.82, 2.24) is 14.9 Å². The normalized spacial score (nSPS) is 26.0. The van der Waals surface area contributed by atoms with Crippen LogP contribution in [0.15, 0.2) is 10.9 Å². The molecule has 7 nitrogen and oxygen atoms in total. The highest BCUT2D eigenvalue weighted by molar-refractivity contribution is 5.03.